The summed E-state index contributed by atoms with van der Waals surface area (Å²) in [6, 6.07) is 19.9. The normalized spacial score (nSPS) is 12.2. The highest BCUT2D eigenvalue weighted by molar-refractivity contribution is 7.92. The summed E-state index contributed by atoms with van der Waals surface area (Å²) in [4.78, 5) is 12.8. The fourth-order valence-electron chi connectivity index (χ4n) is 3.64. The topological polar surface area (TPSA) is 66.5 Å². The predicted molar refractivity (Wildman–Crippen MR) is 125 cm³/mol. The van der Waals surface area contributed by atoms with Gasteiger partial charge in [-0.05, 0) is 42.2 Å². The lowest BCUT2D eigenvalue weighted by atomic mass is 9.95. The highest BCUT2D eigenvalue weighted by Gasteiger charge is 2.21. The second-order valence-electron chi connectivity index (χ2n) is 7.80. The highest BCUT2D eigenvalue weighted by atomic mass is 32.2. The van der Waals surface area contributed by atoms with E-state index < -0.39 is 21.7 Å². The van der Waals surface area contributed by atoms with Crippen LogP contribution in [0.1, 0.15) is 35.6 Å². The molecule has 0 spiro atoms. The van der Waals surface area contributed by atoms with E-state index in [9.17, 15) is 22.0 Å². The van der Waals surface area contributed by atoms with Gasteiger partial charge in [0.1, 0.15) is 0 Å². The smallest absolute Gasteiger partial charge is 0.232 e. The molecule has 0 aliphatic heterocycles. The van der Waals surface area contributed by atoms with Gasteiger partial charge in [-0.1, -0.05) is 54.6 Å². The van der Waals surface area contributed by atoms with Crippen LogP contribution in [0, 0.1) is 18.6 Å². The van der Waals surface area contributed by atoms with Crippen molar-refractivity contribution in [2.45, 2.75) is 25.8 Å². The molecule has 0 aliphatic carbocycles. The minimum Gasteiger partial charge on any atom is -0.345 e. The van der Waals surface area contributed by atoms with Crippen LogP contribution in [0.5, 0.6) is 0 Å². The molecule has 1 atom stereocenters. The number of hydrogen-bond acceptors (Lipinski definition) is 3. The number of rotatable bonds is 9. The lowest BCUT2D eigenvalue weighted by molar-refractivity contribution is -0.121. The summed E-state index contributed by atoms with van der Waals surface area (Å²) in [7, 11) is -3.75. The van der Waals surface area contributed by atoms with E-state index in [0.717, 1.165) is 39.4 Å². The van der Waals surface area contributed by atoms with Crippen molar-refractivity contribution in [1.82, 2.24) is 5.32 Å². The molecule has 3 aromatic carbocycles. The van der Waals surface area contributed by atoms with E-state index in [1.54, 1.807) is 0 Å². The van der Waals surface area contributed by atoms with Gasteiger partial charge in [0.15, 0.2) is 11.6 Å². The van der Waals surface area contributed by atoms with E-state index in [-0.39, 0.29) is 37.0 Å². The second-order valence-corrected chi connectivity index (χ2v) is 9.71. The second kappa shape index (κ2) is 10.6. The molecular formula is C25H26F2N2O3S. The number of nitrogens with zero attached hydrogens (tertiary/aromatic N) is 1. The van der Waals surface area contributed by atoms with Gasteiger partial charge in [-0.3, -0.25) is 9.10 Å². The summed E-state index contributed by atoms with van der Waals surface area (Å²) >= 11 is 0. The number of hydrogen-bond donors (Lipinski definition) is 1. The minimum atomic E-state index is -3.75. The van der Waals surface area contributed by atoms with Crippen LogP contribution in [0.4, 0.5) is 14.5 Å². The Labute approximate surface area is 193 Å². The van der Waals surface area contributed by atoms with Gasteiger partial charge in [-0.25, -0.2) is 17.2 Å². The van der Waals surface area contributed by atoms with Gasteiger partial charge < -0.3 is 5.32 Å². The number of halogens is 2. The van der Waals surface area contributed by atoms with E-state index in [2.05, 4.69) is 5.32 Å². The van der Waals surface area contributed by atoms with Crippen LogP contribution in [0.2, 0.25) is 0 Å². The third-order valence-electron chi connectivity index (χ3n) is 5.29. The van der Waals surface area contributed by atoms with Gasteiger partial charge in [0, 0.05) is 19.0 Å². The van der Waals surface area contributed by atoms with Crippen molar-refractivity contribution in [3.63, 3.8) is 0 Å². The van der Waals surface area contributed by atoms with Crippen LogP contribution in [-0.4, -0.2) is 27.1 Å². The molecule has 0 radical (unpaired) electrons. The SMILES string of the molecule is Cc1ccccc1C(NC(=O)CCCN(c1ccc(F)c(F)c1)S(C)(=O)=O)c1ccccc1. The van der Waals surface area contributed by atoms with Gasteiger partial charge >= 0.3 is 0 Å². The molecule has 0 aliphatic rings. The Morgan fingerprint density at radius 1 is 0.970 bits per heavy atom. The maximum Gasteiger partial charge on any atom is 0.232 e. The fraction of sp³-hybridized carbons (Fsp3) is 0.240. The van der Waals surface area contributed by atoms with Gasteiger partial charge in [0.05, 0.1) is 18.0 Å². The molecule has 0 bridgehead atoms. The van der Waals surface area contributed by atoms with Gasteiger partial charge in [0.25, 0.3) is 0 Å². The van der Waals surface area contributed by atoms with E-state index in [1.807, 2.05) is 61.5 Å². The van der Waals surface area contributed by atoms with Crippen molar-refractivity contribution < 1.29 is 22.0 Å². The fourth-order valence-corrected chi connectivity index (χ4v) is 4.60. The summed E-state index contributed by atoms with van der Waals surface area (Å²) in [5.74, 6) is -2.44. The maximum atomic E-state index is 13.6. The molecule has 3 aromatic rings. The van der Waals surface area contributed by atoms with Gasteiger partial charge in [-0.15, -0.1) is 0 Å². The molecule has 8 heteroatoms. The molecular weight excluding hydrogens is 446 g/mol. The summed E-state index contributed by atoms with van der Waals surface area (Å²) in [5, 5.41) is 3.04. The van der Waals surface area contributed by atoms with Crippen molar-refractivity contribution in [3.05, 3.63) is 101 Å². The number of carbonyl (C=O) groups is 1. The molecule has 0 saturated heterocycles. The Bertz CT molecular complexity index is 1220. The lowest BCUT2D eigenvalue weighted by Gasteiger charge is -2.24. The largest absolute Gasteiger partial charge is 0.345 e. The Morgan fingerprint density at radius 2 is 1.64 bits per heavy atom. The van der Waals surface area contributed by atoms with Crippen molar-refractivity contribution >= 4 is 21.6 Å². The average molecular weight is 473 g/mol. The summed E-state index contributed by atoms with van der Waals surface area (Å²) in [5.41, 5.74) is 2.95. The number of carbonyl (C=O) groups excluding carboxylic acids is 1. The zero-order valence-corrected chi connectivity index (χ0v) is 19.3. The zero-order valence-electron chi connectivity index (χ0n) is 18.5. The molecule has 0 fully saturated rings. The van der Waals surface area contributed by atoms with Crippen LogP contribution in [0.25, 0.3) is 0 Å². The molecule has 33 heavy (non-hydrogen) atoms. The number of anilines is 1. The molecule has 0 heterocycles. The first kappa shape index (κ1) is 24.4. The van der Waals surface area contributed by atoms with Crippen molar-refractivity contribution in [1.29, 1.82) is 0 Å². The van der Waals surface area contributed by atoms with Crippen molar-refractivity contribution in [2.75, 3.05) is 17.1 Å². The summed E-state index contributed by atoms with van der Waals surface area (Å²) in [6.07, 6.45) is 1.25. The zero-order chi connectivity index (χ0) is 24.0. The van der Waals surface area contributed by atoms with Gasteiger partial charge in [-0.2, -0.15) is 0 Å². The van der Waals surface area contributed by atoms with Crippen molar-refractivity contribution in [2.24, 2.45) is 0 Å². The Morgan fingerprint density at radius 3 is 2.27 bits per heavy atom. The monoisotopic (exact) mass is 472 g/mol. The molecule has 5 nitrogen and oxygen atoms in total. The summed E-state index contributed by atoms with van der Waals surface area (Å²) in [6.45, 7) is 1.93. The van der Waals surface area contributed by atoms with Crippen LogP contribution in [-0.2, 0) is 14.8 Å². The van der Waals surface area contributed by atoms with Crippen LogP contribution < -0.4 is 9.62 Å². The first-order valence-corrected chi connectivity index (χ1v) is 12.3. The van der Waals surface area contributed by atoms with E-state index in [1.165, 1.54) is 6.07 Å². The first-order chi connectivity index (χ1) is 15.7. The molecule has 3 rings (SSSR count). The molecule has 0 aromatic heterocycles. The summed E-state index contributed by atoms with van der Waals surface area (Å²) < 4.78 is 52.2. The third-order valence-corrected chi connectivity index (χ3v) is 6.49. The van der Waals surface area contributed by atoms with E-state index in [4.69, 9.17) is 0 Å². The number of sulfonamides is 1. The van der Waals surface area contributed by atoms with Gasteiger partial charge in [0.2, 0.25) is 15.9 Å². The molecule has 0 saturated carbocycles. The molecule has 1 unspecified atom stereocenters. The Kier molecular flexibility index (Phi) is 7.81. The first-order valence-electron chi connectivity index (χ1n) is 10.5. The lowest BCUT2D eigenvalue weighted by Crippen LogP contribution is -2.33. The third kappa shape index (κ3) is 6.38. The minimum absolute atomic E-state index is 0.0129. The number of benzene rings is 3. The Balaban J connectivity index is 1.71. The molecule has 174 valence electrons. The quantitative estimate of drug-likeness (QED) is 0.490. The standard InChI is InChI=1S/C25H26F2N2O3S/c1-18-9-6-7-12-21(18)25(19-10-4-3-5-11-19)28-24(30)13-8-16-29(33(2,31)32)20-14-15-22(26)23(27)17-20/h3-7,9-12,14-15,17,25H,8,13,16H2,1-2H3,(H,28,30). The van der Waals surface area contributed by atoms with E-state index >= 15 is 0 Å². The Hall–Kier alpha value is -3.26. The maximum absolute atomic E-state index is 13.6. The number of nitrogens with one attached hydrogen (secondary N) is 1. The van der Waals surface area contributed by atoms with Crippen LogP contribution >= 0.6 is 0 Å². The van der Waals surface area contributed by atoms with E-state index in [0.29, 0.717) is 0 Å². The van der Waals surface area contributed by atoms with Crippen LogP contribution in [0.3, 0.4) is 0 Å². The highest BCUT2D eigenvalue weighted by Crippen LogP contribution is 2.25. The number of aryl methyl sites for hydroxylation is 1. The predicted octanol–water partition coefficient (Wildman–Crippen LogP) is 4.73. The van der Waals surface area contributed by atoms with Crippen molar-refractivity contribution in [3.8, 4) is 0 Å². The number of amides is 1. The molecule has 1 amide bonds. The average Bonchev–Trinajstić information content (AvgIpc) is 2.77. The molecule has 1 N–H and O–H groups in total. The van der Waals surface area contributed by atoms with Crippen LogP contribution in [0.15, 0.2) is 72.8 Å².